The molecule has 0 aliphatic carbocycles. The Labute approximate surface area is 194 Å². The van der Waals surface area contributed by atoms with Crippen LogP contribution >= 0.6 is 0 Å². The molecule has 0 bridgehead atoms. The van der Waals surface area contributed by atoms with Crippen molar-refractivity contribution in [3.05, 3.63) is 102 Å². The minimum atomic E-state index is 0.0695. The Hall–Kier alpha value is -3.28. The first kappa shape index (κ1) is 21.6. The molecule has 2 aliphatic heterocycles. The molecule has 0 N–H and O–H groups in total. The highest BCUT2D eigenvalue weighted by Gasteiger charge is 2.24. The molecule has 5 heteroatoms. The van der Waals surface area contributed by atoms with Gasteiger partial charge in [-0.1, -0.05) is 49.1 Å². The predicted molar refractivity (Wildman–Crippen MR) is 126 cm³/mol. The molecule has 5 nitrogen and oxygen atoms in total. The molecule has 0 saturated carbocycles. The fourth-order valence-corrected chi connectivity index (χ4v) is 3.71. The minimum absolute atomic E-state index is 0.0695. The molecule has 0 amide bonds. The molecule has 2 fully saturated rings. The molecular weight excluding hydrogens is 416 g/mol. The summed E-state index contributed by atoms with van der Waals surface area (Å²) in [6, 6.07) is 24.9. The maximum atomic E-state index is 5.82. The molecule has 3 aromatic carbocycles. The molecular formula is C28H28O5. The van der Waals surface area contributed by atoms with Gasteiger partial charge in [0.05, 0.1) is 13.2 Å². The summed E-state index contributed by atoms with van der Waals surface area (Å²) in [5.41, 5.74) is 3.55. The average Bonchev–Trinajstić information content (AvgIpc) is 3.78. The van der Waals surface area contributed by atoms with Crippen molar-refractivity contribution in [3.63, 3.8) is 0 Å². The first-order valence-corrected chi connectivity index (χ1v) is 11.3. The molecule has 3 aromatic rings. The zero-order valence-electron chi connectivity index (χ0n) is 18.5. The van der Waals surface area contributed by atoms with Gasteiger partial charge < -0.3 is 23.7 Å². The van der Waals surface area contributed by atoms with E-state index >= 15 is 0 Å². The van der Waals surface area contributed by atoms with Gasteiger partial charge in [-0.15, -0.1) is 0 Å². The third kappa shape index (κ3) is 5.95. The van der Waals surface area contributed by atoms with Crippen LogP contribution in [0.4, 0.5) is 0 Å². The van der Waals surface area contributed by atoms with Crippen LogP contribution in [0, 0.1) is 0 Å². The van der Waals surface area contributed by atoms with E-state index < -0.39 is 0 Å². The van der Waals surface area contributed by atoms with Crippen molar-refractivity contribution in [1.29, 1.82) is 0 Å². The molecule has 0 aromatic heterocycles. The smallest absolute Gasteiger partial charge is 0.119 e. The van der Waals surface area contributed by atoms with Gasteiger partial charge in [0.1, 0.15) is 49.3 Å². The Balaban J connectivity index is 1.37. The molecule has 2 saturated heterocycles. The van der Waals surface area contributed by atoms with Crippen molar-refractivity contribution in [1.82, 2.24) is 0 Å². The van der Waals surface area contributed by atoms with Crippen LogP contribution in [0.5, 0.6) is 17.2 Å². The highest BCUT2D eigenvalue weighted by molar-refractivity contribution is 5.46. The zero-order valence-corrected chi connectivity index (χ0v) is 18.5. The predicted octanol–water partition coefficient (Wildman–Crippen LogP) is 4.99. The van der Waals surface area contributed by atoms with Gasteiger partial charge in [-0.3, -0.25) is 0 Å². The Morgan fingerprint density at radius 3 is 1.36 bits per heavy atom. The topological polar surface area (TPSA) is 52.8 Å². The lowest BCUT2D eigenvalue weighted by atomic mass is 9.85. The van der Waals surface area contributed by atoms with E-state index in [-0.39, 0.29) is 18.1 Å². The lowest BCUT2D eigenvalue weighted by Crippen LogP contribution is -2.06. The van der Waals surface area contributed by atoms with Gasteiger partial charge in [-0.05, 0) is 53.1 Å². The average molecular weight is 445 g/mol. The van der Waals surface area contributed by atoms with Gasteiger partial charge in [-0.25, -0.2) is 0 Å². The van der Waals surface area contributed by atoms with E-state index in [0.29, 0.717) is 19.8 Å². The van der Waals surface area contributed by atoms with Crippen LogP contribution in [-0.4, -0.2) is 45.2 Å². The summed E-state index contributed by atoms with van der Waals surface area (Å²) in [6.07, 6.45) is 2.23. The Bertz CT molecular complexity index is 976. The molecule has 2 atom stereocenters. The number of benzene rings is 3. The first-order valence-electron chi connectivity index (χ1n) is 11.3. The normalized spacial score (nSPS) is 19.4. The molecule has 0 radical (unpaired) electrons. The highest BCUT2D eigenvalue weighted by atomic mass is 16.6. The van der Waals surface area contributed by atoms with Crippen LogP contribution in [0.15, 0.2) is 85.5 Å². The standard InChI is InChI=1S/C28H28O5/c1-2-15-29-23-9-3-20(4-10-23)28(21-5-11-24(12-6-21)30-16-26-18-32-26)22-7-13-25(14-8-22)31-17-27-19-33-27/h2-14,26-28H,1,15-19H2. The second kappa shape index (κ2) is 10.1. The Morgan fingerprint density at radius 2 is 1.03 bits per heavy atom. The summed E-state index contributed by atoms with van der Waals surface area (Å²) in [6.45, 7) is 6.98. The molecule has 2 unspecified atom stereocenters. The SMILES string of the molecule is C=CCOc1ccc(C(c2ccc(OCC3CO3)cc2)c2ccc(OCC3CO3)cc2)cc1. The maximum absolute atomic E-state index is 5.82. The molecule has 0 spiro atoms. The van der Waals surface area contributed by atoms with Crippen molar-refractivity contribution in [2.75, 3.05) is 33.0 Å². The maximum Gasteiger partial charge on any atom is 0.119 e. The van der Waals surface area contributed by atoms with Crippen LogP contribution in [0.2, 0.25) is 0 Å². The summed E-state index contributed by atoms with van der Waals surface area (Å²) < 4.78 is 27.8. The van der Waals surface area contributed by atoms with E-state index in [0.717, 1.165) is 30.5 Å². The van der Waals surface area contributed by atoms with Gasteiger partial charge in [0, 0.05) is 5.92 Å². The Kier molecular flexibility index (Phi) is 6.61. The summed E-state index contributed by atoms with van der Waals surface area (Å²) >= 11 is 0. The summed E-state index contributed by atoms with van der Waals surface area (Å²) in [4.78, 5) is 0. The molecule has 2 aliphatic rings. The largest absolute Gasteiger partial charge is 0.491 e. The fraction of sp³-hybridized carbons (Fsp3) is 0.286. The first-order chi connectivity index (χ1) is 16.3. The highest BCUT2D eigenvalue weighted by Crippen LogP contribution is 2.35. The summed E-state index contributed by atoms with van der Waals surface area (Å²) in [7, 11) is 0. The zero-order chi connectivity index (χ0) is 22.5. The van der Waals surface area contributed by atoms with Gasteiger partial charge in [0.15, 0.2) is 0 Å². The van der Waals surface area contributed by atoms with E-state index in [2.05, 4.69) is 43.0 Å². The molecule has 2 heterocycles. The number of hydrogen-bond donors (Lipinski definition) is 0. The summed E-state index contributed by atoms with van der Waals surface area (Å²) in [5.74, 6) is 2.61. The van der Waals surface area contributed by atoms with Gasteiger partial charge in [-0.2, -0.15) is 0 Å². The van der Waals surface area contributed by atoms with Gasteiger partial charge in [0.25, 0.3) is 0 Å². The van der Waals surface area contributed by atoms with Crippen LogP contribution in [0.1, 0.15) is 22.6 Å². The van der Waals surface area contributed by atoms with Crippen LogP contribution in [0.25, 0.3) is 0 Å². The van der Waals surface area contributed by atoms with Crippen molar-refractivity contribution < 1.29 is 23.7 Å². The van der Waals surface area contributed by atoms with Gasteiger partial charge >= 0.3 is 0 Å². The van der Waals surface area contributed by atoms with Crippen molar-refractivity contribution in [2.24, 2.45) is 0 Å². The van der Waals surface area contributed by atoms with Crippen LogP contribution in [0.3, 0.4) is 0 Å². The second-order valence-electron chi connectivity index (χ2n) is 8.27. The van der Waals surface area contributed by atoms with Crippen molar-refractivity contribution in [3.8, 4) is 17.2 Å². The Morgan fingerprint density at radius 1 is 0.667 bits per heavy atom. The van der Waals surface area contributed by atoms with Crippen molar-refractivity contribution >= 4 is 0 Å². The van der Waals surface area contributed by atoms with E-state index in [9.17, 15) is 0 Å². The third-order valence-corrected chi connectivity index (χ3v) is 5.68. The minimum Gasteiger partial charge on any atom is -0.491 e. The van der Waals surface area contributed by atoms with E-state index in [1.807, 2.05) is 36.4 Å². The quantitative estimate of drug-likeness (QED) is 0.224. The second-order valence-corrected chi connectivity index (χ2v) is 8.27. The molecule has 170 valence electrons. The van der Waals surface area contributed by atoms with Crippen LogP contribution < -0.4 is 14.2 Å². The lowest BCUT2D eigenvalue weighted by Gasteiger charge is -2.20. The monoisotopic (exact) mass is 444 g/mol. The van der Waals surface area contributed by atoms with Crippen LogP contribution in [-0.2, 0) is 9.47 Å². The number of hydrogen-bond acceptors (Lipinski definition) is 5. The third-order valence-electron chi connectivity index (χ3n) is 5.68. The number of epoxide rings is 2. The van der Waals surface area contributed by atoms with E-state index in [4.69, 9.17) is 23.7 Å². The van der Waals surface area contributed by atoms with E-state index in [1.54, 1.807) is 6.08 Å². The fourth-order valence-electron chi connectivity index (χ4n) is 3.71. The number of ether oxygens (including phenoxy) is 5. The van der Waals surface area contributed by atoms with Gasteiger partial charge in [0.2, 0.25) is 0 Å². The number of rotatable bonds is 12. The molecule has 33 heavy (non-hydrogen) atoms. The lowest BCUT2D eigenvalue weighted by molar-refractivity contribution is 0.263. The summed E-state index contributed by atoms with van der Waals surface area (Å²) in [5, 5.41) is 0. The molecule has 5 rings (SSSR count). The van der Waals surface area contributed by atoms with E-state index in [1.165, 1.54) is 16.7 Å². The van der Waals surface area contributed by atoms with Crippen molar-refractivity contribution in [2.45, 2.75) is 18.1 Å².